The van der Waals surface area contributed by atoms with E-state index in [1.165, 1.54) is 0 Å². The lowest BCUT2D eigenvalue weighted by atomic mass is 10.2. The molecule has 1 heterocycles. The van der Waals surface area contributed by atoms with Crippen LogP contribution in [0, 0.1) is 0 Å². The summed E-state index contributed by atoms with van der Waals surface area (Å²) in [6.45, 7) is 2.52. The van der Waals surface area contributed by atoms with Gasteiger partial charge in [0, 0.05) is 11.4 Å². The van der Waals surface area contributed by atoms with Crippen molar-refractivity contribution in [1.82, 2.24) is 14.8 Å². The second kappa shape index (κ2) is 5.78. The average Bonchev–Trinajstić information content (AvgIpc) is 2.78. The Bertz CT molecular complexity index is 551. The van der Waals surface area contributed by atoms with Gasteiger partial charge in [0.2, 0.25) is 11.6 Å². The van der Waals surface area contributed by atoms with E-state index in [9.17, 15) is 4.79 Å². The van der Waals surface area contributed by atoms with Crippen LogP contribution >= 0.6 is 11.6 Å². The monoisotopic (exact) mass is 263 g/mol. The molecule has 0 atom stereocenters. The molecular formula is C13H14ClN3O. The number of hydrogen-bond acceptors (Lipinski definition) is 3. The quantitative estimate of drug-likeness (QED) is 0.779. The highest BCUT2D eigenvalue weighted by Gasteiger charge is 2.10. The Balaban J connectivity index is 2.09. The predicted octanol–water partition coefficient (Wildman–Crippen LogP) is 2.96. The summed E-state index contributed by atoms with van der Waals surface area (Å²) in [6, 6.07) is 7.54. The van der Waals surface area contributed by atoms with Gasteiger partial charge >= 0.3 is 0 Å². The number of benzene rings is 1. The highest BCUT2D eigenvalue weighted by atomic mass is 35.5. The largest absolute Gasteiger partial charge is 0.291 e. The molecule has 18 heavy (non-hydrogen) atoms. The van der Waals surface area contributed by atoms with Crippen molar-refractivity contribution < 1.29 is 4.79 Å². The van der Waals surface area contributed by atoms with Crippen molar-refractivity contribution in [2.75, 3.05) is 0 Å². The van der Waals surface area contributed by atoms with E-state index in [4.69, 9.17) is 11.6 Å². The maximum Gasteiger partial charge on any atom is 0.217 e. The maximum absolute atomic E-state index is 11.6. The summed E-state index contributed by atoms with van der Waals surface area (Å²) in [4.78, 5) is 15.6. The molecule has 0 bridgehead atoms. The average molecular weight is 264 g/mol. The minimum absolute atomic E-state index is 0.0117. The Morgan fingerprint density at radius 1 is 1.44 bits per heavy atom. The zero-order valence-electron chi connectivity index (χ0n) is 10.1. The third-order valence-electron chi connectivity index (χ3n) is 2.50. The second-order valence-corrected chi connectivity index (χ2v) is 4.51. The molecule has 94 valence electrons. The van der Waals surface area contributed by atoms with Crippen LogP contribution in [0.15, 0.2) is 30.6 Å². The number of Topliss-reactive ketones (excluding diaryl/α,β-unsaturated/α-hetero) is 1. The van der Waals surface area contributed by atoms with Crippen LogP contribution in [0.5, 0.6) is 0 Å². The minimum Gasteiger partial charge on any atom is -0.291 e. The molecule has 0 fully saturated rings. The highest BCUT2D eigenvalue weighted by Crippen LogP contribution is 2.11. The molecule has 0 N–H and O–H groups in total. The predicted molar refractivity (Wildman–Crippen MR) is 69.8 cm³/mol. The van der Waals surface area contributed by atoms with Crippen LogP contribution in [0.4, 0.5) is 0 Å². The zero-order valence-corrected chi connectivity index (χ0v) is 10.9. The van der Waals surface area contributed by atoms with Crippen molar-refractivity contribution >= 4 is 17.4 Å². The summed E-state index contributed by atoms with van der Waals surface area (Å²) in [5, 5.41) is 4.86. The Kier molecular flexibility index (Phi) is 4.10. The van der Waals surface area contributed by atoms with Crippen molar-refractivity contribution in [3.63, 3.8) is 0 Å². The molecule has 2 aromatic rings. The van der Waals surface area contributed by atoms with E-state index < -0.39 is 0 Å². The molecule has 2 rings (SSSR count). The third-order valence-corrected chi connectivity index (χ3v) is 2.73. The molecule has 1 aromatic heterocycles. The maximum atomic E-state index is 11.6. The highest BCUT2D eigenvalue weighted by molar-refractivity contribution is 6.30. The van der Waals surface area contributed by atoms with Crippen LogP contribution in [0.1, 0.15) is 35.9 Å². The number of carbonyl (C=O) groups is 1. The topological polar surface area (TPSA) is 47.8 Å². The molecule has 0 saturated heterocycles. The van der Waals surface area contributed by atoms with Crippen molar-refractivity contribution in [2.24, 2.45) is 0 Å². The fraction of sp³-hybridized carbons (Fsp3) is 0.308. The van der Waals surface area contributed by atoms with Crippen molar-refractivity contribution in [3.05, 3.63) is 47.0 Å². The van der Waals surface area contributed by atoms with Crippen molar-refractivity contribution in [2.45, 2.75) is 26.3 Å². The fourth-order valence-electron chi connectivity index (χ4n) is 1.66. The van der Waals surface area contributed by atoms with E-state index in [0.29, 0.717) is 23.8 Å². The summed E-state index contributed by atoms with van der Waals surface area (Å²) >= 11 is 5.91. The van der Waals surface area contributed by atoms with Gasteiger partial charge in [-0.1, -0.05) is 30.7 Å². The summed E-state index contributed by atoms with van der Waals surface area (Å²) < 4.78 is 1.65. The molecule has 0 aliphatic carbocycles. The summed E-state index contributed by atoms with van der Waals surface area (Å²) in [7, 11) is 0. The van der Waals surface area contributed by atoms with E-state index in [0.717, 1.165) is 12.0 Å². The normalized spacial score (nSPS) is 10.6. The van der Waals surface area contributed by atoms with E-state index >= 15 is 0 Å². The zero-order chi connectivity index (χ0) is 13.0. The first-order chi connectivity index (χ1) is 8.69. The third kappa shape index (κ3) is 3.17. The molecule has 0 aliphatic rings. The molecule has 0 saturated carbocycles. The molecule has 0 amide bonds. The van der Waals surface area contributed by atoms with Gasteiger partial charge < -0.3 is 0 Å². The number of nitrogens with zero attached hydrogens (tertiary/aromatic N) is 3. The lowest BCUT2D eigenvalue weighted by molar-refractivity contribution is 0.0971. The Morgan fingerprint density at radius 3 is 3.00 bits per heavy atom. The lowest BCUT2D eigenvalue weighted by Crippen LogP contribution is -2.05. The van der Waals surface area contributed by atoms with Crippen LogP contribution in [0.3, 0.4) is 0 Å². The molecule has 0 aliphatic heterocycles. The van der Waals surface area contributed by atoms with Crippen LogP contribution in [-0.4, -0.2) is 20.5 Å². The van der Waals surface area contributed by atoms with Crippen LogP contribution in [0.25, 0.3) is 0 Å². The first kappa shape index (κ1) is 12.8. The Labute approximate surface area is 111 Å². The van der Waals surface area contributed by atoms with Crippen LogP contribution in [0.2, 0.25) is 5.02 Å². The molecule has 0 unspecified atom stereocenters. The van der Waals surface area contributed by atoms with Gasteiger partial charge in [-0.05, 0) is 24.1 Å². The van der Waals surface area contributed by atoms with Crippen LogP contribution in [-0.2, 0) is 6.54 Å². The molecule has 1 aromatic carbocycles. The summed E-state index contributed by atoms with van der Waals surface area (Å²) in [6.07, 6.45) is 2.87. The second-order valence-electron chi connectivity index (χ2n) is 4.07. The number of ketones is 1. The van der Waals surface area contributed by atoms with Gasteiger partial charge in [-0.15, -0.1) is 5.10 Å². The van der Waals surface area contributed by atoms with E-state index in [1.54, 1.807) is 11.0 Å². The fourth-order valence-corrected chi connectivity index (χ4v) is 1.87. The molecular weight excluding hydrogens is 250 g/mol. The van der Waals surface area contributed by atoms with Gasteiger partial charge in [-0.25, -0.2) is 9.67 Å². The minimum atomic E-state index is -0.0117. The van der Waals surface area contributed by atoms with Gasteiger partial charge in [0.25, 0.3) is 0 Å². The molecule has 0 spiro atoms. The van der Waals surface area contributed by atoms with E-state index in [-0.39, 0.29) is 5.78 Å². The first-order valence-corrected chi connectivity index (χ1v) is 6.24. The van der Waals surface area contributed by atoms with Gasteiger partial charge in [-0.2, -0.15) is 0 Å². The summed E-state index contributed by atoms with van der Waals surface area (Å²) in [5.41, 5.74) is 1.03. The van der Waals surface area contributed by atoms with Crippen molar-refractivity contribution in [1.29, 1.82) is 0 Å². The Morgan fingerprint density at radius 2 is 2.28 bits per heavy atom. The number of carbonyl (C=O) groups excluding carboxylic acids is 1. The number of halogens is 1. The van der Waals surface area contributed by atoms with Gasteiger partial charge in [0.05, 0.1) is 6.54 Å². The Hall–Kier alpha value is -1.68. The van der Waals surface area contributed by atoms with Gasteiger partial charge in [0.1, 0.15) is 6.33 Å². The smallest absolute Gasteiger partial charge is 0.217 e. The summed E-state index contributed by atoms with van der Waals surface area (Å²) in [5.74, 6) is 0.279. The standard InChI is InChI=1S/C13H14ClN3O/c1-2-4-12(18)13-15-9-17(16-13)8-10-5-3-6-11(14)7-10/h3,5-7,9H,2,4,8H2,1H3. The molecule has 0 radical (unpaired) electrons. The molecule has 4 nitrogen and oxygen atoms in total. The van der Waals surface area contributed by atoms with Crippen LogP contribution < -0.4 is 0 Å². The molecule has 5 heteroatoms. The number of hydrogen-bond donors (Lipinski definition) is 0. The number of aromatic nitrogens is 3. The van der Waals surface area contributed by atoms with E-state index in [2.05, 4.69) is 10.1 Å². The lowest BCUT2D eigenvalue weighted by Gasteiger charge is -2.01. The first-order valence-electron chi connectivity index (χ1n) is 5.86. The van der Waals surface area contributed by atoms with E-state index in [1.807, 2.05) is 31.2 Å². The van der Waals surface area contributed by atoms with Crippen molar-refractivity contribution in [3.8, 4) is 0 Å². The number of rotatable bonds is 5. The van der Waals surface area contributed by atoms with Gasteiger partial charge in [0.15, 0.2) is 0 Å². The SMILES string of the molecule is CCCC(=O)c1ncn(Cc2cccc(Cl)c2)n1. The van der Waals surface area contributed by atoms with Gasteiger partial charge in [-0.3, -0.25) is 4.79 Å².